The van der Waals surface area contributed by atoms with Crippen LogP contribution in [0.15, 0.2) is 24.4 Å². The van der Waals surface area contributed by atoms with E-state index in [2.05, 4.69) is 12.2 Å². The molecule has 2 rings (SSSR count). The van der Waals surface area contributed by atoms with Crippen molar-refractivity contribution in [2.45, 2.75) is 19.4 Å². The molecule has 0 amide bonds. The van der Waals surface area contributed by atoms with Crippen LogP contribution in [0.5, 0.6) is 5.75 Å². The van der Waals surface area contributed by atoms with Crippen LogP contribution in [0.4, 0.5) is 0 Å². The number of ether oxygens (including phenoxy) is 1. The maximum atomic E-state index is 6.15. The molecule has 1 aromatic rings. The topological polar surface area (TPSA) is 76.5 Å². The molecular formula is C14H22N4O. The van der Waals surface area contributed by atoms with Gasteiger partial charge in [-0.25, -0.2) is 5.84 Å². The molecule has 1 aliphatic rings. The van der Waals surface area contributed by atoms with Gasteiger partial charge in [-0.3, -0.25) is 0 Å². The Morgan fingerprint density at radius 2 is 2.26 bits per heavy atom. The van der Waals surface area contributed by atoms with Crippen LogP contribution >= 0.6 is 0 Å². The minimum Gasteiger partial charge on any atom is -0.496 e. The van der Waals surface area contributed by atoms with Crippen molar-refractivity contribution in [2.75, 3.05) is 20.2 Å². The smallest absolute Gasteiger partial charge is 0.131 e. The predicted octanol–water partition coefficient (Wildman–Crippen LogP) is 0.662. The summed E-state index contributed by atoms with van der Waals surface area (Å²) in [6.45, 7) is 3.88. The zero-order chi connectivity index (χ0) is 13.8. The first kappa shape index (κ1) is 13.7. The van der Waals surface area contributed by atoms with Gasteiger partial charge in [-0.05, 0) is 18.1 Å². The third kappa shape index (κ3) is 2.83. The van der Waals surface area contributed by atoms with Crippen molar-refractivity contribution in [1.29, 1.82) is 0 Å². The Kier molecular flexibility index (Phi) is 4.29. The molecule has 1 aromatic carbocycles. The summed E-state index contributed by atoms with van der Waals surface area (Å²) >= 11 is 0. The van der Waals surface area contributed by atoms with E-state index >= 15 is 0 Å². The molecule has 1 aliphatic heterocycles. The number of hydrazine groups is 1. The second-order valence-corrected chi connectivity index (χ2v) is 4.70. The Labute approximate surface area is 114 Å². The van der Waals surface area contributed by atoms with E-state index in [4.69, 9.17) is 16.3 Å². The van der Waals surface area contributed by atoms with Crippen molar-refractivity contribution in [3.63, 3.8) is 0 Å². The van der Waals surface area contributed by atoms with Crippen molar-refractivity contribution in [3.8, 4) is 5.75 Å². The fourth-order valence-electron chi connectivity index (χ4n) is 2.15. The summed E-state index contributed by atoms with van der Waals surface area (Å²) in [5.74, 6) is 6.81. The summed E-state index contributed by atoms with van der Waals surface area (Å²) in [5.41, 5.74) is 8.81. The molecule has 1 fully saturated rings. The quantitative estimate of drug-likeness (QED) is 0.537. The molecule has 0 saturated carbocycles. The monoisotopic (exact) mass is 262 g/mol. The number of methoxy groups -OCH3 is 1. The van der Waals surface area contributed by atoms with Crippen molar-refractivity contribution in [3.05, 3.63) is 35.5 Å². The fourth-order valence-corrected chi connectivity index (χ4v) is 2.15. The molecule has 0 aromatic heterocycles. The maximum Gasteiger partial charge on any atom is 0.131 e. The van der Waals surface area contributed by atoms with Gasteiger partial charge < -0.3 is 20.8 Å². The Morgan fingerprint density at radius 1 is 1.53 bits per heavy atom. The van der Waals surface area contributed by atoms with Gasteiger partial charge in [-0.2, -0.15) is 0 Å². The first-order valence-electron chi connectivity index (χ1n) is 6.54. The van der Waals surface area contributed by atoms with Crippen LogP contribution in [0.3, 0.4) is 0 Å². The lowest BCUT2D eigenvalue weighted by atomic mass is 10.0. The number of rotatable bonds is 5. The number of para-hydroxylation sites is 1. The molecule has 0 atom stereocenters. The summed E-state index contributed by atoms with van der Waals surface area (Å²) in [4.78, 5) is 0. The normalized spacial score (nSPS) is 16.1. The number of hydrogen-bond acceptors (Lipinski definition) is 5. The first-order valence-corrected chi connectivity index (χ1v) is 6.54. The van der Waals surface area contributed by atoms with Gasteiger partial charge in [0.2, 0.25) is 0 Å². The lowest BCUT2D eigenvalue weighted by Gasteiger charge is -2.34. The average molecular weight is 262 g/mol. The molecule has 0 aliphatic carbocycles. The van der Waals surface area contributed by atoms with Gasteiger partial charge in [0.05, 0.1) is 18.8 Å². The number of hydrogen-bond donors (Lipinski definition) is 3. The zero-order valence-electron chi connectivity index (χ0n) is 11.5. The molecule has 0 unspecified atom stereocenters. The lowest BCUT2D eigenvalue weighted by molar-refractivity contribution is 0.210. The molecule has 0 radical (unpaired) electrons. The summed E-state index contributed by atoms with van der Waals surface area (Å²) in [5, 5.41) is 4.85. The number of nitrogens with one attached hydrogen (secondary N) is 1. The Hall–Kier alpha value is -1.72. The summed E-state index contributed by atoms with van der Waals surface area (Å²) < 4.78 is 5.48. The van der Waals surface area contributed by atoms with E-state index < -0.39 is 0 Å². The summed E-state index contributed by atoms with van der Waals surface area (Å²) in [6, 6.07) is 6.31. The van der Waals surface area contributed by atoms with Crippen LogP contribution in [0.2, 0.25) is 0 Å². The highest BCUT2D eigenvalue weighted by Gasteiger charge is 2.21. The number of benzene rings is 1. The molecule has 5 nitrogen and oxygen atoms in total. The van der Waals surface area contributed by atoms with Crippen molar-refractivity contribution in [2.24, 2.45) is 11.6 Å². The van der Waals surface area contributed by atoms with E-state index in [1.165, 1.54) is 0 Å². The van der Waals surface area contributed by atoms with E-state index in [0.717, 1.165) is 36.4 Å². The van der Waals surface area contributed by atoms with Gasteiger partial charge in [-0.15, -0.1) is 0 Å². The summed E-state index contributed by atoms with van der Waals surface area (Å²) in [7, 11) is 1.67. The molecule has 0 bridgehead atoms. The van der Waals surface area contributed by atoms with Crippen LogP contribution in [0.1, 0.15) is 18.1 Å². The Bertz CT molecular complexity index is 469. The van der Waals surface area contributed by atoms with Gasteiger partial charge in [0.1, 0.15) is 5.75 Å². The second-order valence-electron chi connectivity index (χ2n) is 4.70. The highest BCUT2D eigenvalue weighted by molar-refractivity contribution is 5.69. The van der Waals surface area contributed by atoms with Gasteiger partial charge >= 0.3 is 0 Å². The highest BCUT2D eigenvalue weighted by atomic mass is 16.5. The molecule has 5 N–H and O–H groups in total. The summed E-state index contributed by atoms with van der Waals surface area (Å²) in [6.07, 6.45) is 2.69. The SMILES string of the molecule is CCc1cccc(/C(N)=C/N(N)C2CNC2)c1OC. The number of aryl methyl sites for hydroxylation is 1. The average Bonchev–Trinajstić information content (AvgIpc) is 2.35. The van der Waals surface area contributed by atoms with Gasteiger partial charge in [-0.1, -0.05) is 19.1 Å². The van der Waals surface area contributed by atoms with E-state index in [0.29, 0.717) is 11.7 Å². The molecule has 104 valence electrons. The van der Waals surface area contributed by atoms with E-state index in [1.807, 2.05) is 18.2 Å². The molecule has 0 spiro atoms. The largest absolute Gasteiger partial charge is 0.496 e. The van der Waals surface area contributed by atoms with E-state index in [1.54, 1.807) is 18.3 Å². The van der Waals surface area contributed by atoms with Gasteiger partial charge in [0, 0.05) is 24.9 Å². The number of nitrogens with two attached hydrogens (primary N) is 2. The zero-order valence-corrected chi connectivity index (χ0v) is 11.5. The molecule has 1 saturated heterocycles. The van der Waals surface area contributed by atoms with Crippen LogP contribution in [-0.2, 0) is 6.42 Å². The maximum absolute atomic E-state index is 6.15. The standard InChI is InChI=1S/C14H22N4O/c1-3-10-5-4-6-12(14(10)19-2)13(15)9-18(16)11-7-17-8-11/h4-6,9,11,17H,3,7-8,15-16H2,1-2H3/b13-9-. The minimum atomic E-state index is 0.318. The van der Waals surface area contributed by atoms with Crippen LogP contribution in [-0.4, -0.2) is 31.3 Å². The molecule has 5 heteroatoms. The number of nitrogens with zero attached hydrogens (tertiary/aromatic N) is 1. The Balaban J connectivity index is 2.26. The lowest BCUT2D eigenvalue weighted by Crippen LogP contribution is -2.57. The molecule has 19 heavy (non-hydrogen) atoms. The van der Waals surface area contributed by atoms with Crippen molar-refractivity contribution < 1.29 is 4.74 Å². The third-order valence-electron chi connectivity index (χ3n) is 3.46. The molecular weight excluding hydrogens is 240 g/mol. The van der Waals surface area contributed by atoms with Crippen molar-refractivity contribution in [1.82, 2.24) is 10.3 Å². The van der Waals surface area contributed by atoms with E-state index in [9.17, 15) is 0 Å². The predicted molar refractivity (Wildman–Crippen MR) is 77.2 cm³/mol. The minimum absolute atomic E-state index is 0.318. The van der Waals surface area contributed by atoms with E-state index in [-0.39, 0.29) is 0 Å². The van der Waals surface area contributed by atoms with Crippen LogP contribution in [0, 0.1) is 0 Å². The van der Waals surface area contributed by atoms with Crippen molar-refractivity contribution >= 4 is 5.70 Å². The van der Waals surface area contributed by atoms with Gasteiger partial charge in [0.25, 0.3) is 0 Å². The fraction of sp³-hybridized carbons (Fsp3) is 0.429. The van der Waals surface area contributed by atoms with Crippen LogP contribution in [0.25, 0.3) is 5.70 Å². The second kappa shape index (κ2) is 5.95. The van der Waals surface area contributed by atoms with Crippen LogP contribution < -0.4 is 21.6 Å². The Morgan fingerprint density at radius 3 is 2.79 bits per heavy atom. The molecule has 1 heterocycles. The third-order valence-corrected chi connectivity index (χ3v) is 3.46. The van der Waals surface area contributed by atoms with Gasteiger partial charge in [0.15, 0.2) is 0 Å². The first-order chi connectivity index (χ1) is 9.17. The highest BCUT2D eigenvalue weighted by Crippen LogP contribution is 2.28.